The predicted molar refractivity (Wildman–Crippen MR) is 118 cm³/mol. The van der Waals surface area contributed by atoms with E-state index in [-0.39, 0.29) is 17.4 Å². The van der Waals surface area contributed by atoms with Crippen LogP contribution in [0.4, 0.5) is 0 Å². The smallest absolute Gasteiger partial charge is 0.256 e. The highest BCUT2D eigenvalue weighted by atomic mass is 16.3. The van der Waals surface area contributed by atoms with Gasteiger partial charge in [0.25, 0.3) is 5.91 Å². The summed E-state index contributed by atoms with van der Waals surface area (Å²) in [6.45, 7) is 3.97. The maximum Gasteiger partial charge on any atom is 0.256 e. The minimum Gasteiger partial charge on any atom is -0.390 e. The van der Waals surface area contributed by atoms with Gasteiger partial charge in [0.05, 0.1) is 17.9 Å². The number of nitriles is 1. The highest BCUT2D eigenvalue weighted by Crippen LogP contribution is 2.60. The van der Waals surface area contributed by atoms with Crippen molar-refractivity contribution in [2.75, 3.05) is 0 Å². The second kappa shape index (κ2) is 7.59. The summed E-state index contributed by atoms with van der Waals surface area (Å²) in [7, 11) is 0. The van der Waals surface area contributed by atoms with Crippen LogP contribution < -0.4 is 5.32 Å². The van der Waals surface area contributed by atoms with Gasteiger partial charge in [0.1, 0.15) is 5.56 Å². The van der Waals surface area contributed by atoms with Crippen LogP contribution in [0.25, 0.3) is 12.0 Å². The van der Waals surface area contributed by atoms with Crippen LogP contribution in [-0.2, 0) is 0 Å². The highest BCUT2D eigenvalue weighted by Gasteiger charge is 2.61. The molecule has 3 unspecified atom stereocenters. The van der Waals surface area contributed by atoms with E-state index in [4.69, 9.17) is 5.26 Å². The molecular formula is C24H30N6O2. The van der Waals surface area contributed by atoms with E-state index in [1.807, 2.05) is 19.9 Å². The SMILES string of the molecule is CC(C)(/C=C/n1ncc(C(=O)N[C@@H]2CCC3CC4C2C[C@]4(O)C3)c1-n1cccn1)CC#N. The van der Waals surface area contributed by atoms with E-state index in [9.17, 15) is 9.90 Å². The fraction of sp³-hybridized carbons (Fsp3) is 0.583. The lowest BCUT2D eigenvalue weighted by Gasteiger charge is -2.51. The summed E-state index contributed by atoms with van der Waals surface area (Å²) in [5.41, 5.74) is -0.351. The second-order valence-corrected chi connectivity index (χ2v) is 10.5. The van der Waals surface area contributed by atoms with Gasteiger partial charge in [-0.1, -0.05) is 19.9 Å². The number of carbonyl (C=O) groups excluding carboxylic acids is 1. The standard InChI is InChI=1S/C24H30N6O2/c1-23(2,6-8-25)7-11-30-22(29-10-3-9-26-29)18(15-27-30)21(31)28-20-5-4-16-12-19-17(20)14-24(19,32)13-16/h3,7,9-11,15-17,19-20,32H,4-6,12-14H2,1-2H3,(H,28,31)/b11-7+/t16?,17?,19?,20-,24-/m1/s1. The Bertz CT molecular complexity index is 1080. The third-order valence-electron chi connectivity index (χ3n) is 7.68. The van der Waals surface area contributed by atoms with Crippen LogP contribution in [0.2, 0.25) is 0 Å². The van der Waals surface area contributed by atoms with E-state index in [0.29, 0.717) is 35.6 Å². The van der Waals surface area contributed by atoms with Crippen LogP contribution >= 0.6 is 0 Å². The molecule has 5 atom stereocenters. The van der Waals surface area contributed by atoms with Crippen molar-refractivity contribution >= 4 is 12.1 Å². The first-order valence-electron chi connectivity index (χ1n) is 11.5. The normalized spacial score (nSPS) is 31.2. The van der Waals surface area contributed by atoms with Crippen molar-refractivity contribution in [1.82, 2.24) is 24.9 Å². The van der Waals surface area contributed by atoms with E-state index in [0.717, 1.165) is 32.1 Å². The summed E-state index contributed by atoms with van der Waals surface area (Å²) in [4.78, 5) is 13.4. The fourth-order valence-electron chi connectivity index (χ4n) is 5.99. The van der Waals surface area contributed by atoms with E-state index >= 15 is 0 Å². The molecule has 0 saturated heterocycles. The van der Waals surface area contributed by atoms with Gasteiger partial charge in [0, 0.05) is 31.1 Å². The zero-order chi connectivity index (χ0) is 22.5. The average Bonchev–Trinajstić information content (AvgIpc) is 3.42. The van der Waals surface area contributed by atoms with Gasteiger partial charge in [-0.2, -0.15) is 15.5 Å². The molecule has 8 nitrogen and oxygen atoms in total. The summed E-state index contributed by atoms with van der Waals surface area (Å²) < 4.78 is 3.28. The molecule has 5 rings (SSSR count). The average molecular weight is 435 g/mol. The predicted octanol–water partition coefficient (Wildman–Crippen LogP) is 3.15. The minimum atomic E-state index is -0.495. The number of aromatic nitrogens is 4. The third-order valence-corrected chi connectivity index (χ3v) is 7.68. The lowest BCUT2D eigenvalue weighted by molar-refractivity contribution is -0.130. The van der Waals surface area contributed by atoms with Crippen LogP contribution in [0.3, 0.4) is 0 Å². The molecule has 3 aliphatic rings. The molecular weight excluding hydrogens is 404 g/mol. The van der Waals surface area contributed by atoms with Crippen molar-refractivity contribution in [3.63, 3.8) is 0 Å². The monoisotopic (exact) mass is 434 g/mol. The Balaban J connectivity index is 1.40. The number of fused-ring (bicyclic) bond motifs is 1. The summed E-state index contributed by atoms with van der Waals surface area (Å²) in [6.07, 6.45) is 14.0. The quantitative estimate of drug-likeness (QED) is 0.726. The first-order valence-corrected chi connectivity index (χ1v) is 11.5. The number of hydrogen-bond acceptors (Lipinski definition) is 5. The molecule has 8 heteroatoms. The number of allylic oxidation sites excluding steroid dienone is 1. The first kappa shape index (κ1) is 21.0. The van der Waals surface area contributed by atoms with Crippen LogP contribution in [0.1, 0.15) is 62.7 Å². The van der Waals surface area contributed by atoms with Crippen LogP contribution in [0, 0.1) is 34.5 Å². The number of rotatable bonds is 6. The van der Waals surface area contributed by atoms with Crippen LogP contribution in [0.5, 0.6) is 0 Å². The Labute approximate surface area is 187 Å². The van der Waals surface area contributed by atoms with Crippen molar-refractivity contribution in [3.8, 4) is 11.9 Å². The molecule has 168 valence electrons. The number of aliphatic hydroxyl groups is 1. The molecule has 2 aromatic rings. The van der Waals surface area contributed by atoms with Crippen molar-refractivity contribution in [1.29, 1.82) is 5.26 Å². The van der Waals surface area contributed by atoms with Gasteiger partial charge in [0.2, 0.25) is 0 Å². The molecule has 3 aliphatic carbocycles. The first-order chi connectivity index (χ1) is 15.3. The molecule has 0 radical (unpaired) electrons. The maximum absolute atomic E-state index is 13.4. The van der Waals surface area contributed by atoms with Gasteiger partial charge in [0.15, 0.2) is 5.82 Å². The Morgan fingerprint density at radius 3 is 3.00 bits per heavy atom. The largest absolute Gasteiger partial charge is 0.390 e. The zero-order valence-corrected chi connectivity index (χ0v) is 18.6. The summed E-state index contributed by atoms with van der Waals surface area (Å²) >= 11 is 0. The van der Waals surface area contributed by atoms with E-state index in [1.54, 1.807) is 40.2 Å². The van der Waals surface area contributed by atoms with Crippen LogP contribution in [0.15, 0.2) is 30.7 Å². The maximum atomic E-state index is 13.4. The summed E-state index contributed by atoms with van der Waals surface area (Å²) in [5.74, 6) is 1.66. The molecule has 3 fully saturated rings. The molecule has 2 N–H and O–H groups in total. The molecule has 0 aliphatic heterocycles. The van der Waals surface area contributed by atoms with Crippen molar-refractivity contribution in [2.45, 2.75) is 64.0 Å². The number of carbonyl (C=O) groups is 1. The van der Waals surface area contributed by atoms with Crippen molar-refractivity contribution in [3.05, 3.63) is 36.3 Å². The van der Waals surface area contributed by atoms with Gasteiger partial charge in [-0.3, -0.25) is 4.79 Å². The molecule has 0 aromatic carbocycles. The van der Waals surface area contributed by atoms with Crippen LogP contribution in [-0.4, -0.2) is 42.2 Å². The number of amides is 1. The van der Waals surface area contributed by atoms with Gasteiger partial charge in [-0.25, -0.2) is 9.36 Å². The Morgan fingerprint density at radius 1 is 1.41 bits per heavy atom. The summed E-state index contributed by atoms with van der Waals surface area (Å²) in [6, 6.07) is 4.09. The molecule has 1 amide bonds. The topological polar surface area (TPSA) is 109 Å². The molecule has 2 aromatic heterocycles. The summed E-state index contributed by atoms with van der Waals surface area (Å²) in [5, 5.41) is 31.9. The number of nitrogens with zero attached hydrogens (tertiary/aromatic N) is 5. The highest BCUT2D eigenvalue weighted by molar-refractivity contribution is 5.97. The molecule has 2 heterocycles. The molecule has 2 bridgehead atoms. The molecule has 32 heavy (non-hydrogen) atoms. The van der Waals surface area contributed by atoms with Gasteiger partial charge in [-0.05, 0) is 61.3 Å². The Hall–Kier alpha value is -2.92. The molecule has 0 spiro atoms. The van der Waals surface area contributed by atoms with E-state index in [1.165, 1.54) is 0 Å². The lowest BCUT2D eigenvalue weighted by atomic mass is 9.59. The Kier molecular flexibility index (Phi) is 4.97. The van der Waals surface area contributed by atoms with Crippen molar-refractivity contribution in [2.24, 2.45) is 23.2 Å². The zero-order valence-electron chi connectivity index (χ0n) is 18.6. The number of nitrogens with one attached hydrogen (secondary N) is 1. The lowest BCUT2D eigenvalue weighted by Crippen LogP contribution is -2.58. The van der Waals surface area contributed by atoms with Gasteiger partial charge in [-0.15, -0.1) is 0 Å². The fourth-order valence-corrected chi connectivity index (χ4v) is 5.99. The second-order valence-electron chi connectivity index (χ2n) is 10.5. The minimum absolute atomic E-state index is 0.0806. The van der Waals surface area contributed by atoms with E-state index < -0.39 is 5.60 Å². The van der Waals surface area contributed by atoms with Gasteiger partial charge < -0.3 is 10.4 Å². The third kappa shape index (κ3) is 3.55. The number of hydrogen-bond donors (Lipinski definition) is 2. The molecule has 3 saturated carbocycles. The van der Waals surface area contributed by atoms with Gasteiger partial charge >= 0.3 is 0 Å². The van der Waals surface area contributed by atoms with E-state index in [2.05, 4.69) is 21.6 Å². The van der Waals surface area contributed by atoms with Crippen molar-refractivity contribution < 1.29 is 9.90 Å². The Morgan fingerprint density at radius 2 is 2.25 bits per heavy atom.